The number of anilines is 1. The molecule has 8 heteroatoms. The van der Waals surface area contributed by atoms with Gasteiger partial charge >= 0.3 is 0 Å². The zero-order valence-corrected chi connectivity index (χ0v) is 23.4. The summed E-state index contributed by atoms with van der Waals surface area (Å²) in [6.45, 7) is 4.09. The average Bonchev–Trinajstić information content (AvgIpc) is 3.46. The van der Waals surface area contributed by atoms with Gasteiger partial charge in [0.15, 0.2) is 5.58 Å². The number of nitrogens with zero attached hydrogens (tertiary/aromatic N) is 3. The number of piperazine rings is 1. The summed E-state index contributed by atoms with van der Waals surface area (Å²) in [5.41, 5.74) is 5.21. The Morgan fingerprint density at radius 3 is 2.29 bits per heavy atom. The lowest BCUT2D eigenvalue weighted by Crippen LogP contribution is -2.50. The number of benzene rings is 4. The maximum atomic E-state index is 12.9. The zero-order valence-electron chi connectivity index (χ0n) is 23.4. The van der Waals surface area contributed by atoms with Gasteiger partial charge in [0, 0.05) is 55.6 Å². The number of aromatic nitrogens is 1. The minimum atomic E-state index is -0.637. The van der Waals surface area contributed by atoms with E-state index in [4.69, 9.17) is 9.15 Å². The third-order valence-electron chi connectivity index (χ3n) is 7.41. The fraction of sp³-hybridized carbons (Fsp3) is 0.235. The summed E-state index contributed by atoms with van der Waals surface area (Å²) in [5.74, 6) is 1.18. The van der Waals surface area contributed by atoms with E-state index in [1.165, 1.54) is 0 Å². The molecule has 1 unspecified atom stereocenters. The molecule has 5 aromatic rings. The Balaban J connectivity index is 0.947. The van der Waals surface area contributed by atoms with Gasteiger partial charge in [-0.2, -0.15) is 0 Å². The Hall–Kier alpha value is -4.50. The molecule has 2 heterocycles. The van der Waals surface area contributed by atoms with E-state index in [9.17, 15) is 9.90 Å². The van der Waals surface area contributed by atoms with Gasteiger partial charge < -0.3 is 19.6 Å². The van der Waals surface area contributed by atoms with Crippen molar-refractivity contribution in [3.8, 4) is 28.3 Å². The van der Waals surface area contributed by atoms with Crippen LogP contribution in [0, 0.1) is 0 Å². The van der Waals surface area contributed by atoms with Crippen molar-refractivity contribution in [3.63, 3.8) is 0 Å². The summed E-state index contributed by atoms with van der Waals surface area (Å²) in [6, 6.07) is 33.2. The second kappa shape index (κ2) is 13.0. The van der Waals surface area contributed by atoms with E-state index in [1.807, 2.05) is 103 Å². The summed E-state index contributed by atoms with van der Waals surface area (Å²) in [7, 11) is 0. The van der Waals surface area contributed by atoms with E-state index in [0.717, 1.165) is 48.6 Å². The molecule has 214 valence electrons. The number of carbonyl (C=O) groups excluding carboxylic acids is 1. The van der Waals surface area contributed by atoms with Crippen LogP contribution in [0.5, 0.6) is 5.75 Å². The molecule has 0 saturated carbocycles. The second-order valence-corrected chi connectivity index (χ2v) is 10.5. The summed E-state index contributed by atoms with van der Waals surface area (Å²) in [6.07, 6.45) is -0.637. The maximum absolute atomic E-state index is 12.9. The summed E-state index contributed by atoms with van der Waals surface area (Å²) < 4.78 is 11.8. The molecule has 8 nitrogen and oxygen atoms in total. The van der Waals surface area contributed by atoms with Crippen molar-refractivity contribution in [3.05, 3.63) is 103 Å². The first-order chi connectivity index (χ1) is 20.6. The molecule has 0 spiro atoms. The number of hydrogen-bond donors (Lipinski definition) is 2. The van der Waals surface area contributed by atoms with Gasteiger partial charge in [0.05, 0.1) is 6.54 Å². The smallest absolute Gasteiger partial charge is 0.238 e. The van der Waals surface area contributed by atoms with Crippen molar-refractivity contribution in [1.29, 1.82) is 0 Å². The minimum absolute atomic E-state index is 0.0276. The number of amides is 1. The van der Waals surface area contributed by atoms with Crippen LogP contribution in [-0.4, -0.2) is 77.8 Å². The average molecular weight is 563 g/mol. The van der Waals surface area contributed by atoms with Gasteiger partial charge in [-0.1, -0.05) is 66.7 Å². The molecular weight excluding hydrogens is 528 g/mol. The van der Waals surface area contributed by atoms with E-state index in [0.29, 0.717) is 35.8 Å². The van der Waals surface area contributed by atoms with Crippen LogP contribution in [0.25, 0.3) is 33.7 Å². The van der Waals surface area contributed by atoms with Crippen LogP contribution < -0.4 is 10.1 Å². The van der Waals surface area contributed by atoms with E-state index >= 15 is 0 Å². The number of carbonyl (C=O) groups is 1. The molecule has 1 aliphatic rings. The van der Waals surface area contributed by atoms with Crippen LogP contribution in [0.2, 0.25) is 0 Å². The van der Waals surface area contributed by atoms with Crippen molar-refractivity contribution < 1.29 is 19.1 Å². The SMILES string of the molecule is O=C(CN1CCN(CC(O)COc2ccc3oc(-c4ccccc4)nc3c2)CC1)Nc1ccccc1-c1ccccc1. The minimum Gasteiger partial charge on any atom is -0.491 e. The number of aliphatic hydroxyl groups excluding tert-OH is 1. The third kappa shape index (κ3) is 6.86. The molecule has 0 radical (unpaired) electrons. The Morgan fingerprint density at radius 2 is 1.52 bits per heavy atom. The Kier molecular flexibility index (Phi) is 8.56. The quantitative estimate of drug-likeness (QED) is 0.243. The molecule has 6 rings (SSSR count). The molecule has 0 aliphatic carbocycles. The predicted octanol–water partition coefficient (Wildman–Crippen LogP) is 5.16. The lowest BCUT2D eigenvalue weighted by atomic mass is 10.0. The van der Waals surface area contributed by atoms with Crippen LogP contribution in [0.3, 0.4) is 0 Å². The van der Waals surface area contributed by atoms with Gasteiger partial charge in [0.25, 0.3) is 0 Å². The molecule has 0 bridgehead atoms. The van der Waals surface area contributed by atoms with E-state index in [1.54, 1.807) is 0 Å². The lowest BCUT2D eigenvalue weighted by molar-refractivity contribution is -0.117. The Morgan fingerprint density at radius 1 is 0.857 bits per heavy atom. The van der Waals surface area contributed by atoms with Crippen LogP contribution >= 0.6 is 0 Å². The van der Waals surface area contributed by atoms with Gasteiger partial charge in [-0.05, 0) is 35.9 Å². The Bertz CT molecular complexity index is 1620. The molecule has 42 heavy (non-hydrogen) atoms. The van der Waals surface area contributed by atoms with E-state index in [-0.39, 0.29) is 12.5 Å². The fourth-order valence-electron chi connectivity index (χ4n) is 5.23. The number of rotatable bonds is 10. The Labute approximate surface area is 245 Å². The van der Waals surface area contributed by atoms with Crippen LogP contribution in [0.15, 0.2) is 108 Å². The first-order valence-electron chi connectivity index (χ1n) is 14.3. The first kappa shape index (κ1) is 27.7. The number of oxazole rings is 1. The molecular formula is C34H34N4O4. The highest BCUT2D eigenvalue weighted by Gasteiger charge is 2.21. The standard InChI is InChI=1S/C34H34N4O4/c39-27(24-41-28-15-16-32-31(21-28)36-34(42-32)26-11-5-2-6-12-26)22-37-17-19-38(20-18-37)23-33(40)35-30-14-8-7-13-29(30)25-9-3-1-4-10-25/h1-16,21,27,39H,17-20,22-24H2,(H,35,40). The van der Waals surface area contributed by atoms with Crippen molar-refractivity contribution in [1.82, 2.24) is 14.8 Å². The van der Waals surface area contributed by atoms with Gasteiger partial charge in [-0.25, -0.2) is 4.98 Å². The summed E-state index contributed by atoms with van der Waals surface area (Å²) in [5, 5.41) is 13.7. The fourth-order valence-corrected chi connectivity index (χ4v) is 5.23. The highest BCUT2D eigenvalue weighted by atomic mass is 16.5. The predicted molar refractivity (Wildman–Crippen MR) is 164 cm³/mol. The maximum Gasteiger partial charge on any atom is 0.238 e. The van der Waals surface area contributed by atoms with Crippen LogP contribution in [-0.2, 0) is 4.79 Å². The number of β-amino-alcohol motifs (C(OH)–C–C–N with tert-alkyl or cyclic N) is 1. The largest absolute Gasteiger partial charge is 0.491 e. The van der Waals surface area contributed by atoms with Crippen molar-refractivity contribution in [2.75, 3.05) is 51.2 Å². The highest BCUT2D eigenvalue weighted by molar-refractivity contribution is 5.96. The highest BCUT2D eigenvalue weighted by Crippen LogP contribution is 2.28. The van der Waals surface area contributed by atoms with Gasteiger partial charge in [-0.3, -0.25) is 14.6 Å². The third-order valence-corrected chi connectivity index (χ3v) is 7.41. The molecule has 1 aromatic heterocycles. The van der Waals surface area contributed by atoms with E-state index < -0.39 is 6.10 Å². The van der Waals surface area contributed by atoms with Gasteiger partial charge in [0.2, 0.25) is 11.8 Å². The monoisotopic (exact) mass is 562 g/mol. The molecule has 4 aromatic carbocycles. The zero-order chi connectivity index (χ0) is 28.7. The van der Waals surface area contributed by atoms with Crippen molar-refractivity contribution in [2.24, 2.45) is 0 Å². The van der Waals surface area contributed by atoms with Crippen LogP contribution in [0.1, 0.15) is 0 Å². The van der Waals surface area contributed by atoms with Gasteiger partial charge in [-0.15, -0.1) is 0 Å². The number of ether oxygens (including phenoxy) is 1. The van der Waals surface area contributed by atoms with Crippen molar-refractivity contribution in [2.45, 2.75) is 6.10 Å². The molecule has 1 saturated heterocycles. The van der Waals surface area contributed by atoms with Crippen molar-refractivity contribution >= 4 is 22.7 Å². The normalized spacial score (nSPS) is 15.0. The summed E-state index contributed by atoms with van der Waals surface area (Å²) >= 11 is 0. The van der Waals surface area contributed by atoms with Crippen LogP contribution in [0.4, 0.5) is 5.69 Å². The van der Waals surface area contributed by atoms with Gasteiger partial charge in [0.1, 0.15) is 24.0 Å². The topological polar surface area (TPSA) is 91.1 Å². The summed E-state index contributed by atoms with van der Waals surface area (Å²) in [4.78, 5) is 21.8. The molecule has 2 N–H and O–H groups in total. The molecule has 1 fully saturated rings. The number of para-hydroxylation sites is 1. The number of aliphatic hydroxyl groups is 1. The van der Waals surface area contributed by atoms with E-state index in [2.05, 4.69) is 20.1 Å². The first-order valence-corrected chi connectivity index (χ1v) is 14.3. The second-order valence-electron chi connectivity index (χ2n) is 10.5. The number of nitrogens with one attached hydrogen (secondary N) is 1. The molecule has 1 aliphatic heterocycles. The molecule has 1 atom stereocenters. The lowest BCUT2D eigenvalue weighted by Gasteiger charge is -2.35. The molecule has 1 amide bonds. The number of hydrogen-bond acceptors (Lipinski definition) is 7. The number of fused-ring (bicyclic) bond motifs is 1.